The molecule has 1 atom stereocenters. The number of carbonyl (C=O) groups is 2. The Labute approximate surface area is 182 Å². The first-order chi connectivity index (χ1) is 14.6. The minimum Gasteiger partial charge on any atom is -0.357 e. The summed E-state index contributed by atoms with van der Waals surface area (Å²) in [6.45, 7) is 3.17. The molecule has 0 spiro atoms. The van der Waals surface area contributed by atoms with Crippen molar-refractivity contribution in [3.8, 4) is 0 Å². The maximum Gasteiger partial charge on any atom is 0.244 e. The highest BCUT2D eigenvalue weighted by atomic mass is 32.2. The number of anilines is 1. The highest BCUT2D eigenvalue weighted by Gasteiger charge is 2.31. The molecule has 0 fully saturated rings. The molecule has 0 bridgehead atoms. The number of nitrogens with one attached hydrogen (secondary N) is 1. The number of aryl methyl sites for hydroxylation is 1. The zero-order valence-electron chi connectivity index (χ0n) is 18.1. The number of hydrogen-bond donors (Lipinski definition) is 1. The molecule has 0 saturated carbocycles. The van der Waals surface area contributed by atoms with Crippen molar-refractivity contribution in [1.82, 2.24) is 10.2 Å². The van der Waals surface area contributed by atoms with Gasteiger partial charge in [0.05, 0.1) is 11.9 Å². The molecule has 168 valence electrons. The lowest BCUT2D eigenvalue weighted by molar-refractivity contribution is -0.140. The molecular weight excluding hydrogens is 421 g/mol. The highest BCUT2D eigenvalue weighted by Crippen LogP contribution is 2.20. The standard InChI is InChI=1S/C22H28FN3O4S/c1-5-20(22(28)24-3)25(14-17-9-11-18(23)12-10-17)21(27)15-26(31(4,29)30)19-8-6-7-16(2)13-19/h6-13,20H,5,14-15H2,1-4H3,(H,24,28). The Hall–Kier alpha value is -2.94. The Morgan fingerprint density at radius 3 is 2.29 bits per heavy atom. The van der Waals surface area contributed by atoms with Crippen LogP contribution in [-0.4, -0.2) is 51.0 Å². The lowest BCUT2D eigenvalue weighted by Crippen LogP contribution is -2.51. The average Bonchev–Trinajstić information content (AvgIpc) is 2.72. The second-order valence-corrected chi connectivity index (χ2v) is 9.20. The number of carbonyl (C=O) groups excluding carboxylic acids is 2. The van der Waals surface area contributed by atoms with E-state index in [1.165, 1.54) is 36.2 Å². The molecule has 0 aliphatic rings. The van der Waals surface area contributed by atoms with Gasteiger partial charge in [-0.15, -0.1) is 0 Å². The summed E-state index contributed by atoms with van der Waals surface area (Å²) in [7, 11) is -2.29. The van der Waals surface area contributed by atoms with Crippen molar-refractivity contribution in [3.63, 3.8) is 0 Å². The largest absolute Gasteiger partial charge is 0.357 e. The number of sulfonamides is 1. The maximum absolute atomic E-state index is 13.3. The number of halogens is 1. The molecule has 31 heavy (non-hydrogen) atoms. The maximum atomic E-state index is 13.3. The van der Waals surface area contributed by atoms with Crippen LogP contribution in [0.25, 0.3) is 0 Å². The van der Waals surface area contributed by atoms with Gasteiger partial charge in [0.1, 0.15) is 18.4 Å². The summed E-state index contributed by atoms with van der Waals surface area (Å²) in [4.78, 5) is 27.1. The SMILES string of the molecule is CCC(C(=O)NC)N(Cc1ccc(F)cc1)C(=O)CN(c1cccc(C)c1)S(C)(=O)=O. The third kappa shape index (κ3) is 6.52. The fourth-order valence-corrected chi connectivity index (χ4v) is 4.11. The Bertz CT molecular complexity index is 1030. The van der Waals surface area contributed by atoms with E-state index in [2.05, 4.69) is 5.32 Å². The molecule has 7 nitrogen and oxygen atoms in total. The van der Waals surface area contributed by atoms with Gasteiger partial charge >= 0.3 is 0 Å². The van der Waals surface area contributed by atoms with E-state index in [0.717, 1.165) is 16.1 Å². The highest BCUT2D eigenvalue weighted by molar-refractivity contribution is 7.92. The van der Waals surface area contributed by atoms with Crippen LogP contribution < -0.4 is 9.62 Å². The first-order valence-corrected chi connectivity index (χ1v) is 11.7. The molecule has 2 rings (SSSR count). The summed E-state index contributed by atoms with van der Waals surface area (Å²) >= 11 is 0. The minimum absolute atomic E-state index is 0.0382. The first kappa shape index (κ1) is 24.3. The van der Waals surface area contributed by atoms with Gasteiger partial charge in [0.15, 0.2) is 0 Å². The monoisotopic (exact) mass is 449 g/mol. The molecular formula is C22H28FN3O4S. The van der Waals surface area contributed by atoms with Gasteiger partial charge in [-0.3, -0.25) is 13.9 Å². The van der Waals surface area contributed by atoms with Crippen molar-refractivity contribution in [3.05, 3.63) is 65.5 Å². The Morgan fingerprint density at radius 1 is 1.13 bits per heavy atom. The molecule has 2 amide bonds. The van der Waals surface area contributed by atoms with Crippen molar-refractivity contribution in [2.75, 3.05) is 24.2 Å². The molecule has 0 aromatic heterocycles. The van der Waals surface area contributed by atoms with Gasteiger partial charge < -0.3 is 10.2 Å². The number of hydrogen-bond acceptors (Lipinski definition) is 4. The van der Waals surface area contributed by atoms with Crippen LogP contribution in [0.2, 0.25) is 0 Å². The third-order valence-electron chi connectivity index (χ3n) is 4.87. The summed E-state index contributed by atoms with van der Waals surface area (Å²) in [6, 6.07) is 11.6. The molecule has 2 aromatic rings. The predicted molar refractivity (Wildman–Crippen MR) is 118 cm³/mol. The van der Waals surface area contributed by atoms with Crippen LogP contribution in [0.4, 0.5) is 10.1 Å². The van der Waals surface area contributed by atoms with Crippen LogP contribution in [0.1, 0.15) is 24.5 Å². The lowest BCUT2D eigenvalue weighted by atomic mass is 10.1. The smallest absolute Gasteiger partial charge is 0.244 e. The fraction of sp³-hybridized carbons (Fsp3) is 0.364. The fourth-order valence-electron chi connectivity index (χ4n) is 3.27. The van der Waals surface area contributed by atoms with Crippen molar-refractivity contribution in [2.45, 2.75) is 32.9 Å². The predicted octanol–water partition coefficient (Wildman–Crippen LogP) is 2.45. The van der Waals surface area contributed by atoms with E-state index < -0.39 is 34.3 Å². The number of nitrogens with zero attached hydrogens (tertiary/aromatic N) is 2. The minimum atomic E-state index is -3.76. The average molecular weight is 450 g/mol. The van der Waals surface area contributed by atoms with Crippen LogP contribution in [0.5, 0.6) is 0 Å². The second kappa shape index (κ2) is 10.4. The first-order valence-electron chi connectivity index (χ1n) is 9.86. The van der Waals surface area contributed by atoms with Crippen LogP contribution in [0.3, 0.4) is 0 Å². The third-order valence-corrected chi connectivity index (χ3v) is 6.01. The van der Waals surface area contributed by atoms with Gasteiger partial charge in [0.2, 0.25) is 21.8 Å². The van der Waals surface area contributed by atoms with Gasteiger partial charge in [-0.1, -0.05) is 31.2 Å². The van der Waals surface area contributed by atoms with Gasteiger partial charge in [-0.25, -0.2) is 12.8 Å². The molecule has 0 aliphatic carbocycles. The topological polar surface area (TPSA) is 86.8 Å². The summed E-state index contributed by atoms with van der Waals surface area (Å²) in [5.41, 5.74) is 1.84. The lowest BCUT2D eigenvalue weighted by Gasteiger charge is -2.32. The van der Waals surface area contributed by atoms with Gasteiger partial charge in [0, 0.05) is 13.6 Å². The number of rotatable bonds is 9. The van der Waals surface area contributed by atoms with Crippen LogP contribution in [0.15, 0.2) is 48.5 Å². The van der Waals surface area contributed by atoms with Crippen molar-refractivity contribution < 1.29 is 22.4 Å². The van der Waals surface area contributed by atoms with E-state index in [4.69, 9.17) is 0 Å². The van der Waals surface area contributed by atoms with E-state index >= 15 is 0 Å². The van der Waals surface area contributed by atoms with Gasteiger partial charge in [-0.2, -0.15) is 0 Å². The van der Waals surface area contributed by atoms with Gasteiger partial charge in [-0.05, 0) is 48.7 Å². The van der Waals surface area contributed by atoms with E-state index in [1.807, 2.05) is 13.0 Å². The summed E-state index contributed by atoms with van der Waals surface area (Å²) in [5.74, 6) is -1.31. The number of benzene rings is 2. The van der Waals surface area contributed by atoms with Crippen LogP contribution in [0, 0.1) is 12.7 Å². The molecule has 0 saturated heterocycles. The number of amides is 2. The normalized spacial score (nSPS) is 12.2. The van der Waals surface area contributed by atoms with Gasteiger partial charge in [0.25, 0.3) is 0 Å². The molecule has 9 heteroatoms. The molecule has 1 unspecified atom stereocenters. The quantitative estimate of drug-likeness (QED) is 0.637. The summed E-state index contributed by atoms with van der Waals surface area (Å²) in [6.07, 6.45) is 1.36. The van der Waals surface area contributed by atoms with Crippen LogP contribution in [-0.2, 0) is 26.2 Å². The Morgan fingerprint density at radius 2 is 1.77 bits per heavy atom. The molecule has 2 aromatic carbocycles. The Balaban J connectivity index is 2.41. The van der Waals surface area contributed by atoms with Crippen LogP contribution >= 0.6 is 0 Å². The molecule has 0 heterocycles. The zero-order chi connectivity index (χ0) is 23.2. The molecule has 0 aliphatic heterocycles. The van der Waals surface area contributed by atoms with E-state index in [1.54, 1.807) is 25.1 Å². The van der Waals surface area contributed by atoms with Crippen molar-refractivity contribution in [2.24, 2.45) is 0 Å². The zero-order valence-corrected chi connectivity index (χ0v) is 18.9. The van der Waals surface area contributed by atoms with E-state index in [0.29, 0.717) is 17.7 Å². The molecule has 0 radical (unpaired) electrons. The van der Waals surface area contributed by atoms with Crippen molar-refractivity contribution >= 4 is 27.5 Å². The Kier molecular flexibility index (Phi) is 8.15. The number of likely N-dealkylation sites (N-methyl/N-ethyl adjacent to an activating group) is 1. The van der Waals surface area contributed by atoms with E-state index in [-0.39, 0.29) is 12.5 Å². The van der Waals surface area contributed by atoms with E-state index in [9.17, 15) is 22.4 Å². The second-order valence-electron chi connectivity index (χ2n) is 7.30. The molecule has 1 N–H and O–H groups in total. The summed E-state index contributed by atoms with van der Waals surface area (Å²) < 4.78 is 39.2. The van der Waals surface area contributed by atoms with Crippen molar-refractivity contribution in [1.29, 1.82) is 0 Å². The summed E-state index contributed by atoms with van der Waals surface area (Å²) in [5, 5.41) is 2.54.